The minimum atomic E-state index is -3.51. The first-order valence-electron chi connectivity index (χ1n) is 9.90. The van der Waals surface area contributed by atoms with Gasteiger partial charge in [0.15, 0.2) is 0 Å². The summed E-state index contributed by atoms with van der Waals surface area (Å²) in [6.07, 6.45) is 3.81. The van der Waals surface area contributed by atoms with E-state index < -0.39 is 15.4 Å². The highest BCUT2D eigenvalue weighted by Gasteiger charge is 2.65. The Hall–Kier alpha value is -0.460. The molecular formula is C20H36N2O3S. The van der Waals surface area contributed by atoms with E-state index in [-0.39, 0.29) is 34.1 Å². The number of carbonyl (C=O) groups is 1. The van der Waals surface area contributed by atoms with Gasteiger partial charge in [-0.25, -0.2) is 12.7 Å². The molecule has 26 heavy (non-hydrogen) atoms. The van der Waals surface area contributed by atoms with Crippen LogP contribution in [-0.4, -0.2) is 48.4 Å². The van der Waals surface area contributed by atoms with Crippen molar-refractivity contribution in [1.29, 1.82) is 0 Å². The first-order valence-corrected chi connectivity index (χ1v) is 11.5. The molecule has 150 valence electrons. The van der Waals surface area contributed by atoms with Gasteiger partial charge < -0.3 is 5.32 Å². The second-order valence-electron chi connectivity index (χ2n) is 10.9. The zero-order valence-corrected chi connectivity index (χ0v) is 18.3. The third kappa shape index (κ3) is 3.06. The number of hydrogen-bond acceptors (Lipinski definition) is 4. The van der Waals surface area contributed by atoms with Gasteiger partial charge in [-0.2, -0.15) is 0 Å². The van der Waals surface area contributed by atoms with Crippen molar-refractivity contribution in [3.63, 3.8) is 0 Å². The Labute approximate surface area is 159 Å². The number of ketones is 1. The van der Waals surface area contributed by atoms with Gasteiger partial charge in [-0.15, -0.1) is 0 Å². The predicted octanol–water partition coefficient (Wildman–Crippen LogP) is 2.95. The molecule has 0 aromatic heterocycles. The minimum Gasteiger partial charge on any atom is -0.307 e. The molecule has 1 heterocycles. The minimum absolute atomic E-state index is 0.0242. The van der Waals surface area contributed by atoms with Crippen LogP contribution in [0.4, 0.5) is 0 Å². The number of sulfonamides is 1. The molecule has 0 spiro atoms. The Balaban J connectivity index is 1.85. The van der Waals surface area contributed by atoms with Gasteiger partial charge in [0.05, 0.1) is 5.75 Å². The average Bonchev–Trinajstić information content (AvgIpc) is 2.76. The fraction of sp³-hybridized carbons (Fsp3) is 0.950. The summed E-state index contributed by atoms with van der Waals surface area (Å²) in [5.41, 5.74) is -1.14. The Morgan fingerprint density at radius 2 is 1.62 bits per heavy atom. The molecule has 2 atom stereocenters. The molecule has 1 aliphatic heterocycles. The van der Waals surface area contributed by atoms with E-state index in [1.165, 1.54) is 0 Å². The van der Waals surface area contributed by atoms with Crippen LogP contribution in [0.5, 0.6) is 0 Å². The topological polar surface area (TPSA) is 66.5 Å². The van der Waals surface area contributed by atoms with Crippen molar-refractivity contribution < 1.29 is 13.2 Å². The van der Waals surface area contributed by atoms with Gasteiger partial charge in [0.25, 0.3) is 0 Å². The van der Waals surface area contributed by atoms with Gasteiger partial charge in [0.2, 0.25) is 10.0 Å². The normalized spacial score (nSPS) is 36.0. The van der Waals surface area contributed by atoms with Crippen molar-refractivity contribution in [2.75, 3.05) is 12.8 Å². The molecule has 0 aromatic rings. The predicted molar refractivity (Wildman–Crippen MR) is 104 cm³/mol. The zero-order valence-electron chi connectivity index (χ0n) is 17.5. The van der Waals surface area contributed by atoms with Crippen LogP contribution in [0, 0.1) is 16.7 Å². The summed E-state index contributed by atoms with van der Waals surface area (Å²) in [5.74, 6) is 0.484. The first kappa shape index (κ1) is 20.3. The Kier molecular flexibility index (Phi) is 4.50. The second-order valence-corrected chi connectivity index (χ2v) is 12.9. The highest BCUT2D eigenvalue weighted by Crippen LogP contribution is 2.64. The first-order chi connectivity index (χ1) is 11.6. The van der Waals surface area contributed by atoms with Gasteiger partial charge >= 0.3 is 0 Å². The van der Waals surface area contributed by atoms with Crippen LogP contribution < -0.4 is 5.32 Å². The maximum Gasteiger partial charge on any atom is 0.215 e. The largest absolute Gasteiger partial charge is 0.307 e. The van der Waals surface area contributed by atoms with E-state index in [9.17, 15) is 13.2 Å². The van der Waals surface area contributed by atoms with E-state index in [0.29, 0.717) is 12.3 Å². The average molecular weight is 385 g/mol. The number of piperidine rings is 1. The fourth-order valence-electron chi connectivity index (χ4n) is 6.27. The highest BCUT2D eigenvalue weighted by atomic mass is 32.2. The number of Topliss-reactive ketones (excluding diaryl/α,β-unsaturated/α-hetero) is 1. The number of fused-ring (bicyclic) bond motifs is 2. The van der Waals surface area contributed by atoms with Gasteiger partial charge in [0.1, 0.15) is 5.78 Å². The molecule has 0 aromatic carbocycles. The van der Waals surface area contributed by atoms with Crippen LogP contribution >= 0.6 is 0 Å². The molecule has 0 unspecified atom stereocenters. The molecule has 3 rings (SSSR count). The number of carbonyl (C=O) groups excluding carboxylic acids is 1. The van der Waals surface area contributed by atoms with E-state index in [2.05, 4.69) is 46.9 Å². The summed E-state index contributed by atoms with van der Waals surface area (Å²) in [5, 5.41) is 3.61. The van der Waals surface area contributed by atoms with Crippen molar-refractivity contribution in [3.8, 4) is 0 Å². The monoisotopic (exact) mass is 384 g/mol. The maximum absolute atomic E-state index is 13.4. The summed E-state index contributed by atoms with van der Waals surface area (Å²) in [7, 11) is -1.79. The molecule has 6 heteroatoms. The van der Waals surface area contributed by atoms with Gasteiger partial charge in [-0.05, 0) is 64.7 Å². The Morgan fingerprint density at radius 3 is 2.04 bits per heavy atom. The van der Waals surface area contributed by atoms with Gasteiger partial charge in [-0.1, -0.05) is 13.8 Å². The SMILES string of the molecule is CN(C1CC(C)(C)NC(C)(C)C1)S(=O)(=O)C[C@@]12CC[C@@H](CC1=O)C2(C)C. The lowest BCUT2D eigenvalue weighted by Gasteiger charge is -2.49. The van der Waals surface area contributed by atoms with E-state index in [4.69, 9.17) is 0 Å². The molecule has 0 amide bonds. The quantitative estimate of drug-likeness (QED) is 0.809. The van der Waals surface area contributed by atoms with Crippen LogP contribution in [0.2, 0.25) is 0 Å². The smallest absolute Gasteiger partial charge is 0.215 e. The van der Waals surface area contributed by atoms with Crippen molar-refractivity contribution in [3.05, 3.63) is 0 Å². The van der Waals surface area contributed by atoms with E-state index in [1.54, 1.807) is 11.4 Å². The molecule has 5 nitrogen and oxygen atoms in total. The van der Waals surface area contributed by atoms with Crippen LogP contribution in [0.25, 0.3) is 0 Å². The summed E-state index contributed by atoms with van der Waals surface area (Å²) >= 11 is 0. The number of nitrogens with zero attached hydrogens (tertiary/aromatic N) is 1. The van der Waals surface area contributed by atoms with E-state index >= 15 is 0 Å². The molecular weight excluding hydrogens is 348 g/mol. The molecule has 2 saturated carbocycles. The van der Waals surface area contributed by atoms with Crippen molar-refractivity contribution >= 4 is 15.8 Å². The molecule has 3 aliphatic rings. The molecule has 2 bridgehead atoms. The summed E-state index contributed by atoms with van der Waals surface area (Å²) in [6.45, 7) is 12.7. The highest BCUT2D eigenvalue weighted by molar-refractivity contribution is 7.89. The van der Waals surface area contributed by atoms with Gasteiger partial charge in [-0.3, -0.25) is 4.79 Å². The van der Waals surface area contributed by atoms with Crippen molar-refractivity contribution in [2.45, 2.75) is 90.8 Å². The van der Waals surface area contributed by atoms with Crippen molar-refractivity contribution in [1.82, 2.24) is 9.62 Å². The van der Waals surface area contributed by atoms with E-state index in [0.717, 1.165) is 25.7 Å². The summed E-state index contributed by atoms with van der Waals surface area (Å²) in [6, 6.07) is -0.0422. The van der Waals surface area contributed by atoms with Gasteiger partial charge in [0, 0.05) is 36.0 Å². The van der Waals surface area contributed by atoms with E-state index in [1.807, 2.05) is 0 Å². The molecule has 1 saturated heterocycles. The van der Waals surface area contributed by atoms with Crippen LogP contribution in [0.1, 0.15) is 73.6 Å². The Bertz CT molecular complexity index is 695. The third-order valence-electron chi connectivity index (χ3n) is 7.69. The van der Waals surface area contributed by atoms with Crippen molar-refractivity contribution in [2.24, 2.45) is 16.7 Å². The third-order valence-corrected chi connectivity index (χ3v) is 9.72. The fourth-order valence-corrected chi connectivity index (χ4v) is 8.38. The van der Waals surface area contributed by atoms with Crippen LogP contribution in [0.3, 0.4) is 0 Å². The number of nitrogens with one attached hydrogen (secondary N) is 1. The standard InChI is InChI=1S/C20H36N2O3S/c1-17(2)11-15(12-18(3,4)21-17)22(7)26(24,25)13-20-9-8-14(10-16(20)23)19(20,5)6/h14-15,21H,8-13H2,1-7H3/t14-,20-/m0/s1. The van der Waals surface area contributed by atoms with Crippen LogP contribution in [-0.2, 0) is 14.8 Å². The Morgan fingerprint density at radius 1 is 1.08 bits per heavy atom. The lowest BCUT2D eigenvalue weighted by Crippen LogP contribution is -2.62. The molecule has 3 fully saturated rings. The zero-order chi connectivity index (χ0) is 19.8. The summed E-state index contributed by atoms with van der Waals surface area (Å²) < 4.78 is 28.3. The maximum atomic E-state index is 13.4. The molecule has 2 aliphatic carbocycles. The lowest BCUT2D eigenvalue weighted by molar-refractivity contribution is -0.128. The lowest BCUT2D eigenvalue weighted by atomic mass is 9.70. The molecule has 0 radical (unpaired) electrons. The second kappa shape index (κ2) is 5.77. The number of hydrogen-bond donors (Lipinski definition) is 1. The summed E-state index contributed by atoms with van der Waals surface area (Å²) in [4.78, 5) is 12.8. The van der Waals surface area contributed by atoms with Crippen LogP contribution in [0.15, 0.2) is 0 Å². The molecule has 1 N–H and O–H groups in total. The number of rotatable bonds is 4.